The van der Waals surface area contributed by atoms with Crippen molar-refractivity contribution in [1.29, 1.82) is 0 Å². The van der Waals surface area contributed by atoms with Crippen LogP contribution in [-0.4, -0.2) is 22.8 Å². The lowest BCUT2D eigenvalue weighted by atomic mass is 10.0. The van der Waals surface area contributed by atoms with Crippen LogP contribution in [0.1, 0.15) is 17.5 Å². The number of fused-ring (bicyclic) bond motifs is 1. The fourth-order valence-corrected chi connectivity index (χ4v) is 2.83. The molecular formula is C20H21N3O2. The maximum Gasteiger partial charge on any atom is 0.243 e. The van der Waals surface area contributed by atoms with Crippen LogP contribution in [0.4, 0.5) is 0 Å². The summed E-state index contributed by atoms with van der Waals surface area (Å²) in [5.74, 6) is -0.744. The number of aromatic nitrogens is 1. The number of H-pyrrole nitrogens is 1. The van der Waals surface area contributed by atoms with Crippen molar-refractivity contribution in [2.45, 2.75) is 25.3 Å². The number of aryl methyl sites for hydroxylation is 1. The van der Waals surface area contributed by atoms with Crippen LogP contribution in [0.25, 0.3) is 10.9 Å². The second kappa shape index (κ2) is 7.77. The number of imide groups is 1. The predicted molar refractivity (Wildman–Crippen MR) is 97.9 cm³/mol. The van der Waals surface area contributed by atoms with E-state index >= 15 is 0 Å². The summed E-state index contributed by atoms with van der Waals surface area (Å²) in [7, 11) is 0. The molecule has 0 bridgehead atoms. The fraction of sp³-hybridized carbons (Fsp3) is 0.200. The summed E-state index contributed by atoms with van der Waals surface area (Å²) in [6.07, 6.45) is 3.09. The monoisotopic (exact) mass is 335 g/mol. The number of amides is 2. The number of nitrogens with two attached hydrogens (primary N) is 1. The van der Waals surface area contributed by atoms with Crippen LogP contribution in [0.15, 0.2) is 60.8 Å². The van der Waals surface area contributed by atoms with Gasteiger partial charge in [-0.1, -0.05) is 48.5 Å². The van der Waals surface area contributed by atoms with Crippen LogP contribution < -0.4 is 11.1 Å². The standard InChI is InChI=1S/C20H21N3O2/c21-17(12-15-13-22-18-9-5-4-8-16(15)18)20(25)23-19(24)11-10-14-6-2-1-3-7-14/h1-9,13,17,22H,10-12,21H2,(H,23,24,25). The molecule has 0 saturated heterocycles. The second-order valence-electron chi connectivity index (χ2n) is 6.07. The zero-order valence-electron chi connectivity index (χ0n) is 13.9. The Balaban J connectivity index is 1.53. The second-order valence-corrected chi connectivity index (χ2v) is 6.07. The van der Waals surface area contributed by atoms with Crippen molar-refractivity contribution in [3.63, 3.8) is 0 Å². The Morgan fingerprint density at radius 2 is 1.76 bits per heavy atom. The zero-order chi connectivity index (χ0) is 17.6. The van der Waals surface area contributed by atoms with Gasteiger partial charge in [0.2, 0.25) is 11.8 Å². The van der Waals surface area contributed by atoms with Crippen molar-refractivity contribution in [1.82, 2.24) is 10.3 Å². The molecule has 4 N–H and O–H groups in total. The summed E-state index contributed by atoms with van der Waals surface area (Å²) in [6, 6.07) is 16.8. The van der Waals surface area contributed by atoms with E-state index in [2.05, 4.69) is 10.3 Å². The summed E-state index contributed by atoms with van der Waals surface area (Å²) in [5, 5.41) is 3.44. The third kappa shape index (κ3) is 4.33. The SMILES string of the molecule is NC(Cc1c[nH]c2ccccc12)C(=O)NC(=O)CCc1ccccc1. The van der Waals surface area contributed by atoms with E-state index in [4.69, 9.17) is 5.73 Å². The Labute approximate surface area is 146 Å². The molecule has 128 valence electrons. The minimum Gasteiger partial charge on any atom is -0.361 e. The van der Waals surface area contributed by atoms with Crippen molar-refractivity contribution >= 4 is 22.7 Å². The lowest BCUT2D eigenvalue weighted by Gasteiger charge is -2.11. The number of carbonyl (C=O) groups excluding carboxylic acids is 2. The number of hydrogen-bond donors (Lipinski definition) is 3. The van der Waals surface area contributed by atoms with Gasteiger partial charge in [0.15, 0.2) is 0 Å². The predicted octanol–water partition coefficient (Wildman–Crippen LogP) is 2.31. The summed E-state index contributed by atoms with van der Waals surface area (Å²) >= 11 is 0. The van der Waals surface area contributed by atoms with Crippen LogP contribution in [-0.2, 0) is 22.4 Å². The molecule has 2 amide bonds. The minimum absolute atomic E-state index is 0.259. The number of para-hydroxylation sites is 1. The van der Waals surface area contributed by atoms with Crippen LogP contribution >= 0.6 is 0 Å². The first-order chi connectivity index (χ1) is 12.1. The molecule has 0 radical (unpaired) electrons. The number of rotatable bonds is 6. The average molecular weight is 335 g/mol. The van der Waals surface area contributed by atoms with Crippen molar-refractivity contribution in [3.8, 4) is 0 Å². The molecule has 0 fully saturated rings. The summed E-state index contributed by atoms with van der Waals surface area (Å²) in [5.41, 5.74) is 9.01. The van der Waals surface area contributed by atoms with Crippen molar-refractivity contribution in [2.24, 2.45) is 5.73 Å². The van der Waals surface area contributed by atoms with Crippen LogP contribution in [0.2, 0.25) is 0 Å². The largest absolute Gasteiger partial charge is 0.361 e. The molecule has 0 spiro atoms. The molecule has 0 saturated carbocycles. The van der Waals surface area contributed by atoms with Crippen LogP contribution in [0, 0.1) is 0 Å². The summed E-state index contributed by atoms with van der Waals surface area (Å²) in [6.45, 7) is 0. The minimum atomic E-state index is -0.764. The zero-order valence-corrected chi connectivity index (χ0v) is 13.9. The van der Waals surface area contributed by atoms with Gasteiger partial charge in [0.25, 0.3) is 0 Å². The number of aromatic amines is 1. The topological polar surface area (TPSA) is 88.0 Å². The van der Waals surface area contributed by atoms with Crippen molar-refractivity contribution in [2.75, 3.05) is 0 Å². The van der Waals surface area contributed by atoms with E-state index in [0.29, 0.717) is 12.8 Å². The lowest BCUT2D eigenvalue weighted by molar-refractivity contribution is -0.131. The van der Waals surface area contributed by atoms with Crippen LogP contribution in [0.3, 0.4) is 0 Å². The van der Waals surface area contributed by atoms with Gasteiger partial charge in [0.05, 0.1) is 6.04 Å². The quantitative estimate of drug-likeness (QED) is 0.646. The Kier molecular flexibility index (Phi) is 5.26. The van der Waals surface area contributed by atoms with Gasteiger partial charge in [-0.05, 0) is 30.0 Å². The number of nitrogens with one attached hydrogen (secondary N) is 2. The van der Waals surface area contributed by atoms with E-state index in [1.54, 1.807) is 0 Å². The third-order valence-corrected chi connectivity index (χ3v) is 4.20. The van der Waals surface area contributed by atoms with Crippen molar-refractivity contribution < 1.29 is 9.59 Å². The molecular weight excluding hydrogens is 314 g/mol. The van der Waals surface area contributed by atoms with E-state index in [9.17, 15) is 9.59 Å². The first kappa shape index (κ1) is 16.9. The highest BCUT2D eigenvalue weighted by atomic mass is 16.2. The Morgan fingerprint density at radius 1 is 1.04 bits per heavy atom. The molecule has 1 unspecified atom stereocenters. The number of benzene rings is 2. The smallest absolute Gasteiger partial charge is 0.243 e. The van der Waals surface area contributed by atoms with E-state index in [1.807, 2.05) is 60.8 Å². The molecule has 1 atom stereocenters. The Morgan fingerprint density at radius 3 is 2.56 bits per heavy atom. The van der Waals surface area contributed by atoms with Gasteiger partial charge in [-0.3, -0.25) is 14.9 Å². The maximum absolute atomic E-state index is 12.2. The molecule has 2 aromatic carbocycles. The van der Waals surface area contributed by atoms with E-state index < -0.39 is 11.9 Å². The molecule has 25 heavy (non-hydrogen) atoms. The van der Waals surface area contributed by atoms with Crippen molar-refractivity contribution in [3.05, 3.63) is 71.9 Å². The van der Waals surface area contributed by atoms with Gasteiger partial charge in [-0.15, -0.1) is 0 Å². The molecule has 5 heteroatoms. The van der Waals surface area contributed by atoms with E-state index in [1.165, 1.54) is 0 Å². The van der Waals surface area contributed by atoms with Gasteiger partial charge in [0.1, 0.15) is 0 Å². The highest BCUT2D eigenvalue weighted by Gasteiger charge is 2.18. The number of carbonyl (C=O) groups is 2. The van der Waals surface area contributed by atoms with Gasteiger partial charge in [0, 0.05) is 23.5 Å². The molecule has 5 nitrogen and oxygen atoms in total. The number of hydrogen-bond acceptors (Lipinski definition) is 3. The first-order valence-electron chi connectivity index (χ1n) is 8.31. The molecule has 0 aliphatic carbocycles. The average Bonchev–Trinajstić information content (AvgIpc) is 3.04. The Hall–Kier alpha value is -2.92. The molecule has 1 heterocycles. The molecule has 3 aromatic rings. The third-order valence-electron chi connectivity index (χ3n) is 4.20. The Bertz CT molecular complexity index is 871. The summed E-state index contributed by atoms with van der Waals surface area (Å²) in [4.78, 5) is 27.3. The van der Waals surface area contributed by atoms with E-state index in [-0.39, 0.29) is 12.3 Å². The van der Waals surface area contributed by atoms with Gasteiger partial charge in [-0.25, -0.2) is 0 Å². The fourth-order valence-electron chi connectivity index (χ4n) is 2.83. The van der Waals surface area contributed by atoms with E-state index in [0.717, 1.165) is 22.0 Å². The molecule has 3 rings (SSSR count). The molecule has 0 aliphatic rings. The highest BCUT2D eigenvalue weighted by molar-refractivity contribution is 5.98. The van der Waals surface area contributed by atoms with Gasteiger partial charge < -0.3 is 10.7 Å². The maximum atomic E-state index is 12.2. The molecule has 1 aromatic heterocycles. The summed E-state index contributed by atoms with van der Waals surface area (Å²) < 4.78 is 0. The highest BCUT2D eigenvalue weighted by Crippen LogP contribution is 2.18. The molecule has 0 aliphatic heterocycles. The van der Waals surface area contributed by atoms with Gasteiger partial charge >= 0.3 is 0 Å². The first-order valence-corrected chi connectivity index (χ1v) is 8.31. The van der Waals surface area contributed by atoms with Crippen LogP contribution in [0.5, 0.6) is 0 Å². The van der Waals surface area contributed by atoms with Gasteiger partial charge in [-0.2, -0.15) is 0 Å². The lowest BCUT2D eigenvalue weighted by Crippen LogP contribution is -2.44. The normalized spacial score (nSPS) is 12.0.